The van der Waals surface area contributed by atoms with Gasteiger partial charge in [0.05, 0.1) is 5.92 Å². The Labute approximate surface area is 148 Å². The molecule has 1 heterocycles. The minimum atomic E-state index is -0.500. The van der Waals surface area contributed by atoms with Crippen molar-refractivity contribution in [3.63, 3.8) is 0 Å². The van der Waals surface area contributed by atoms with E-state index in [0.29, 0.717) is 25.8 Å². The van der Waals surface area contributed by atoms with Crippen molar-refractivity contribution >= 4 is 17.8 Å². The van der Waals surface area contributed by atoms with Gasteiger partial charge in [0.1, 0.15) is 6.10 Å². The number of hydrogen-bond acceptors (Lipinski definition) is 4. The average molecular weight is 343 g/mol. The van der Waals surface area contributed by atoms with Crippen LogP contribution in [0.2, 0.25) is 0 Å². The van der Waals surface area contributed by atoms with Crippen LogP contribution in [0.15, 0.2) is 43.0 Å². The summed E-state index contributed by atoms with van der Waals surface area (Å²) in [6.45, 7) is 5.60. The molecule has 2 rings (SSSR count). The lowest BCUT2D eigenvalue weighted by Crippen LogP contribution is -2.59. The Morgan fingerprint density at radius 1 is 1.32 bits per heavy atom. The van der Waals surface area contributed by atoms with Crippen LogP contribution >= 0.6 is 0 Å². The van der Waals surface area contributed by atoms with Gasteiger partial charge < -0.3 is 4.74 Å². The lowest BCUT2D eigenvalue weighted by Gasteiger charge is -2.39. The van der Waals surface area contributed by atoms with Gasteiger partial charge >= 0.3 is 5.97 Å². The highest BCUT2D eigenvalue weighted by atomic mass is 16.5. The second kappa shape index (κ2) is 9.16. The number of rotatable bonds is 9. The third kappa shape index (κ3) is 5.28. The number of carbonyl (C=O) groups is 3. The smallest absolute Gasteiger partial charge is 0.306 e. The van der Waals surface area contributed by atoms with Gasteiger partial charge in [0.25, 0.3) is 0 Å². The van der Waals surface area contributed by atoms with Crippen molar-refractivity contribution in [2.45, 2.75) is 45.1 Å². The zero-order valence-electron chi connectivity index (χ0n) is 14.6. The quantitative estimate of drug-likeness (QED) is 0.393. The van der Waals surface area contributed by atoms with Crippen LogP contribution in [0.1, 0.15) is 38.2 Å². The van der Waals surface area contributed by atoms with Gasteiger partial charge in [0, 0.05) is 19.4 Å². The van der Waals surface area contributed by atoms with Crippen molar-refractivity contribution in [1.82, 2.24) is 4.90 Å². The van der Waals surface area contributed by atoms with Crippen molar-refractivity contribution < 1.29 is 19.1 Å². The number of hydrogen-bond donors (Lipinski definition) is 0. The Hall–Kier alpha value is -2.43. The van der Waals surface area contributed by atoms with E-state index in [1.54, 1.807) is 13.0 Å². The number of aryl methyl sites for hydroxylation is 1. The Balaban J connectivity index is 1.68. The molecular weight excluding hydrogens is 318 g/mol. The van der Waals surface area contributed by atoms with Crippen molar-refractivity contribution in [2.75, 3.05) is 6.54 Å². The lowest BCUT2D eigenvalue weighted by atomic mass is 9.92. The first-order valence-electron chi connectivity index (χ1n) is 8.71. The second-order valence-electron chi connectivity index (χ2n) is 6.31. The minimum absolute atomic E-state index is 0.192. The fourth-order valence-electron chi connectivity index (χ4n) is 2.82. The predicted molar refractivity (Wildman–Crippen MR) is 94.6 cm³/mol. The summed E-state index contributed by atoms with van der Waals surface area (Å²) >= 11 is 0. The Morgan fingerprint density at radius 3 is 2.68 bits per heavy atom. The van der Waals surface area contributed by atoms with Gasteiger partial charge in [-0.3, -0.25) is 19.3 Å². The van der Waals surface area contributed by atoms with Gasteiger partial charge in [0.2, 0.25) is 11.8 Å². The molecule has 1 aliphatic rings. The third-order valence-corrected chi connectivity index (χ3v) is 4.40. The predicted octanol–water partition coefficient (Wildman–Crippen LogP) is 2.89. The topological polar surface area (TPSA) is 63.7 Å². The van der Waals surface area contributed by atoms with E-state index in [1.807, 2.05) is 30.3 Å². The zero-order valence-corrected chi connectivity index (χ0v) is 14.6. The van der Waals surface area contributed by atoms with E-state index in [0.717, 1.165) is 6.42 Å². The minimum Gasteiger partial charge on any atom is -0.462 e. The molecule has 0 aromatic heterocycles. The fourth-order valence-corrected chi connectivity index (χ4v) is 2.82. The molecule has 0 saturated carbocycles. The highest BCUT2D eigenvalue weighted by Crippen LogP contribution is 2.24. The Morgan fingerprint density at radius 2 is 2.04 bits per heavy atom. The maximum absolute atomic E-state index is 12.1. The number of benzene rings is 1. The van der Waals surface area contributed by atoms with E-state index < -0.39 is 12.0 Å². The third-order valence-electron chi connectivity index (χ3n) is 4.40. The fraction of sp³-hybridized carbons (Fsp3) is 0.450. The molecule has 25 heavy (non-hydrogen) atoms. The van der Waals surface area contributed by atoms with Crippen LogP contribution < -0.4 is 0 Å². The summed E-state index contributed by atoms with van der Waals surface area (Å²) in [5.74, 6) is -1.15. The highest BCUT2D eigenvalue weighted by Gasteiger charge is 2.44. The van der Waals surface area contributed by atoms with Crippen LogP contribution in [0, 0.1) is 5.92 Å². The zero-order chi connectivity index (χ0) is 18.2. The molecule has 1 fully saturated rings. The number of β-lactam (4-membered cyclic amide) rings is 1. The number of esters is 1. The van der Waals surface area contributed by atoms with E-state index in [4.69, 9.17) is 4.74 Å². The van der Waals surface area contributed by atoms with Crippen LogP contribution in [0.3, 0.4) is 0 Å². The second-order valence-corrected chi connectivity index (χ2v) is 6.31. The van der Waals surface area contributed by atoms with Crippen LogP contribution in [0.4, 0.5) is 0 Å². The van der Waals surface area contributed by atoms with Crippen LogP contribution in [0.5, 0.6) is 0 Å². The number of amides is 2. The number of imide groups is 1. The van der Waals surface area contributed by atoms with Crippen molar-refractivity contribution in [2.24, 2.45) is 5.92 Å². The molecule has 134 valence electrons. The molecule has 2 amide bonds. The lowest BCUT2D eigenvalue weighted by molar-refractivity contribution is -0.169. The maximum atomic E-state index is 12.1. The van der Waals surface area contributed by atoms with E-state index in [1.165, 1.54) is 10.5 Å². The number of carbonyl (C=O) groups excluding carboxylic acids is 3. The number of ether oxygens (including phenoxy) is 1. The molecule has 1 aromatic carbocycles. The molecule has 0 radical (unpaired) electrons. The van der Waals surface area contributed by atoms with Gasteiger partial charge in [-0.2, -0.15) is 0 Å². The first kappa shape index (κ1) is 18.9. The summed E-state index contributed by atoms with van der Waals surface area (Å²) in [5.41, 5.74) is 1.19. The van der Waals surface area contributed by atoms with Gasteiger partial charge in [0.15, 0.2) is 0 Å². The molecule has 0 unspecified atom stereocenters. The monoisotopic (exact) mass is 343 g/mol. The van der Waals surface area contributed by atoms with E-state index >= 15 is 0 Å². The molecule has 1 aliphatic heterocycles. The maximum Gasteiger partial charge on any atom is 0.306 e. The summed E-state index contributed by atoms with van der Waals surface area (Å²) in [7, 11) is 0. The van der Waals surface area contributed by atoms with Gasteiger partial charge in [-0.15, -0.1) is 6.58 Å². The standard InChI is InChI=1S/C20H25NO4/c1-3-4-12-18(22)21-14-17(20(21)24)15(2)25-19(23)13-8-11-16-9-6-5-7-10-16/h3,5-7,9-10,15,17H,1,4,8,11-14H2,2H3/t15-,17+/m1/s1. The van der Waals surface area contributed by atoms with Crippen molar-refractivity contribution in [3.05, 3.63) is 48.6 Å². The number of nitrogens with zero attached hydrogens (tertiary/aromatic N) is 1. The van der Waals surface area contributed by atoms with Crippen LogP contribution in [-0.2, 0) is 25.5 Å². The van der Waals surface area contributed by atoms with E-state index in [9.17, 15) is 14.4 Å². The Kier molecular flexibility index (Phi) is 6.92. The first-order chi connectivity index (χ1) is 12.0. The summed E-state index contributed by atoms with van der Waals surface area (Å²) < 4.78 is 5.36. The molecular formula is C20H25NO4. The molecule has 0 N–H and O–H groups in total. The molecule has 0 bridgehead atoms. The highest BCUT2D eigenvalue weighted by molar-refractivity contribution is 6.01. The van der Waals surface area contributed by atoms with Crippen LogP contribution in [-0.4, -0.2) is 35.3 Å². The summed E-state index contributed by atoms with van der Waals surface area (Å²) in [4.78, 5) is 37.0. The normalized spacial score (nSPS) is 17.6. The summed E-state index contributed by atoms with van der Waals surface area (Å²) in [6.07, 6.45) is 3.84. The average Bonchev–Trinajstić information content (AvgIpc) is 2.59. The van der Waals surface area contributed by atoms with Crippen molar-refractivity contribution in [3.8, 4) is 0 Å². The Bertz CT molecular complexity index is 626. The largest absolute Gasteiger partial charge is 0.462 e. The number of likely N-dealkylation sites (tertiary alicyclic amines) is 1. The van der Waals surface area contributed by atoms with E-state index in [-0.39, 0.29) is 24.2 Å². The SMILES string of the molecule is C=CCCC(=O)N1C[C@@H]([C@@H](C)OC(=O)CCCc2ccccc2)C1=O. The van der Waals surface area contributed by atoms with E-state index in [2.05, 4.69) is 6.58 Å². The molecule has 0 aliphatic carbocycles. The number of allylic oxidation sites excluding steroid dienone is 1. The van der Waals surface area contributed by atoms with Gasteiger partial charge in [-0.05, 0) is 31.7 Å². The molecule has 1 saturated heterocycles. The van der Waals surface area contributed by atoms with Gasteiger partial charge in [-0.25, -0.2) is 0 Å². The summed E-state index contributed by atoms with van der Waals surface area (Å²) in [5, 5.41) is 0. The molecule has 2 atom stereocenters. The summed E-state index contributed by atoms with van der Waals surface area (Å²) in [6, 6.07) is 9.96. The molecule has 0 spiro atoms. The first-order valence-corrected chi connectivity index (χ1v) is 8.71. The molecule has 1 aromatic rings. The molecule has 5 nitrogen and oxygen atoms in total. The van der Waals surface area contributed by atoms with Crippen molar-refractivity contribution in [1.29, 1.82) is 0 Å². The van der Waals surface area contributed by atoms with Crippen LogP contribution in [0.25, 0.3) is 0 Å². The van der Waals surface area contributed by atoms with Gasteiger partial charge in [-0.1, -0.05) is 36.4 Å². The molecule has 5 heteroatoms.